The van der Waals surface area contributed by atoms with Gasteiger partial charge in [-0.1, -0.05) is 96.1 Å². The average molecular weight is 474 g/mol. The maximum absolute atomic E-state index is 12.8. The van der Waals surface area contributed by atoms with Crippen molar-refractivity contribution in [2.24, 2.45) is 5.11 Å². The zero-order valence-electron chi connectivity index (χ0n) is 19.2. The highest BCUT2D eigenvalue weighted by molar-refractivity contribution is 5.78. The van der Waals surface area contributed by atoms with Crippen LogP contribution < -0.4 is 0 Å². The molecule has 3 aromatic carbocycles. The van der Waals surface area contributed by atoms with E-state index in [0.29, 0.717) is 6.61 Å². The average Bonchev–Trinajstić information content (AvgIpc) is 2.90. The molecule has 180 valence electrons. The summed E-state index contributed by atoms with van der Waals surface area (Å²) in [7, 11) is 0. The van der Waals surface area contributed by atoms with Crippen molar-refractivity contribution in [2.75, 3.05) is 6.61 Å². The first-order valence-corrected chi connectivity index (χ1v) is 11.4. The van der Waals surface area contributed by atoms with Gasteiger partial charge < -0.3 is 18.9 Å². The SMILES string of the molecule is [N-]=[N+]=N[C@H]1C(=O)O[C@H](COCc2ccccc2)[C@@H](OCc2ccccc2)[C@@H]1OCc1ccccc1. The molecule has 8 heteroatoms. The number of hydrogen-bond donors (Lipinski definition) is 0. The minimum Gasteiger partial charge on any atom is -0.457 e. The third-order valence-corrected chi connectivity index (χ3v) is 5.65. The van der Waals surface area contributed by atoms with E-state index in [1.165, 1.54) is 0 Å². The Morgan fingerprint density at radius 3 is 1.74 bits per heavy atom. The van der Waals surface area contributed by atoms with Gasteiger partial charge in [-0.3, -0.25) is 4.79 Å². The molecule has 3 aromatic rings. The molecule has 35 heavy (non-hydrogen) atoms. The Morgan fingerprint density at radius 1 is 0.743 bits per heavy atom. The van der Waals surface area contributed by atoms with Crippen LogP contribution in [0.1, 0.15) is 16.7 Å². The normalized spacial score (nSPS) is 21.7. The number of carbonyl (C=O) groups is 1. The zero-order valence-corrected chi connectivity index (χ0v) is 19.2. The summed E-state index contributed by atoms with van der Waals surface area (Å²) >= 11 is 0. The van der Waals surface area contributed by atoms with Crippen LogP contribution in [-0.4, -0.2) is 36.9 Å². The number of ether oxygens (including phenoxy) is 4. The van der Waals surface area contributed by atoms with Gasteiger partial charge in [0.1, 0.15) is 12.2 Å². The van der Waals surface area contributed by atoms with Crippen molar-refractivity contribution < 1.29 is 23.7 Å². The number of rotatable bonds is 11. The van der Waals surface area contributed by atoms with Gasteiger partial charge in [0.05, 0.1) is 26.4 Å². The summed E-state index contributed by atoms with van der Waals surface area (Å²) in [5.41, 5.74) is 12.0. The van der Waals surface area contributed by atoms with E-state index < -0.39 is 30.3 Å². The second kappa shape index (κ2) is 12.7. The molecule has 4 atom stereocenters. The second-order valence-electron chi connectivity index (χ2n) is 8.15. The largest absolute Gasteiger partial charge is 0.457 e. The molecule has 0 saturated carbocycles. The molecule has 1 aliphatic rings. The van der Waals surface area contributed by atoms with Crippen molar-refractivity contribution >= 4 is 5.97 Å². The van der Waals surface area contributed by atoms with Gasteiger partial charge in [0, 0.05) is 4.91 Å². The Morgan fingerprint density at radius 2 is 1.23 bits per heavy atom. The molecular formula is C27H27N3O5. The molecule has 8 nitrogen and oxygen atoms in total. The Bertz CT molecular complexity index is 1110. The molecule has 0 amide bonds. The third-order valence-electron chi connectivity index (χ3n) is 5.65. The van der Waals surface area contributed by atoms with Crippen LogP contribution >= 0.6 is 0 Å². The van der Waals surface area contributed by atoms with Crippen LogP contribution in [0.2, 0.25) is 0 Å². The summed E-state index contributed by atoms with van der Waals surface area (Å²) in [5.74, 6) is -0.659. The Labute approximate surface area is 204 Å². The molecule has 1 heterocycles. The molecule has 4 rings (SSSR count). The lowest BCUT2D eigenvalue weighted by atomic mass is 9.97. The predicted molar refractivity (Wildman–Crippen MR) is 129 cm³/mol. The Kier molecular flexibility index (Phi) is 8.86. The molecule has 0 unspecified atom stereocenters. The molecule has 0 aliphatic carbocycles. The van der Waals surface area contributed by atoms with E-state index in [4.69, 9.17) is 24.5 Å². The highest BCUT2D eigenvalue weighted by atomic mass is 16.6. The molecule has 1 saturated heterocycles. The fourth-order valence-corrected chi connectivity index (χ4v) is 3.90. The van der Waals surface area contributed by atoms with Crippen molar-refractivity contribution in [2.45, 2.75) is 44.2 Å². The van der Waals surface area contributed by atoms with Crippen LogP contribution in [0.15, 0.2) is 96.1 Å². The lowest BCUT2D eigenvalue weighted by Gasteiger charge is -2.39. The van der Waals surface area contributed by atoms with Crippen LogP contribution in [0.4, 0.5) is 0 Å². The molecule has 0 spiro atoms. The van der Waals surface area contributed by atoms with Gasteiger partial charge in [-0.2, -0.15) is 0 Å². The summed E-state index contributed by atoms with van der Waals surface area (Å²) in [6, 6.07) is 27.8. The van der Waals surface area contributed by atoms with Crippen molar-refractivity contribution in [3.63, 3.8) is 0 Å². The first kappa shape index (κ1) is 24.4. The maximum atomic E-state index is 12.8. The topological polar surface area (TPSA) is 103 Å². The first-order chi connectivity index (χ1) is 17.2. The van der Waals surface area contributed by atoms with Crippen LogP contribution in [0, 0.1) is 0 Å². The molecular weight excluding hydrogens is 446 g/mol. The Hall–Kier alpha value is -3.68. The number of benzene rings is 3. The van der Waals surface area contributed by atoms with Gasteiger partial charge in [0.2, 0.25) is 0 Å². The number of cyclic esters (lactones) is 1. The number of hydrogen-bond acceptors (Lipinski definition) is 6. The van der Waals surface area contributed by atoms with Gasteiger partial charge in [-0.15, -0.1) is 0 Å². The molecule has 1 aliphatic heterocycles. The molecule has 1 fully saturated rings. The van der Waals surface area contributed by atoms with Crippen LogP contribution in [0.5, 0.6) is 0 Å². The van der Waals surface area contributed by atoms with Gasteiger partial charge in [-0.25, -0.2) is 0 Å². The van der Waals surface area contributed by atoms with E-state index in [1.54, 1.807) is 0 Å². The second-order valence-corrected chi connectivity index (χ2v) is 8.15. The fourth-order valence-electron chi connectivity index (χ4n) is 3.90. The standard InChI is InChI=1S/C27H27N3O5/c28-30-29-24-26(34-18-22-14-8-3-9-15-22)25(33-17-21-12-6-2-7-13-21)23(35-27(24)31)19-32-16-20-10-4-1-5-11-20/h1-15,23-26H,16-19H2/t23-,24-,25-,26-/m1/s1. The van der Waals surface area contributed by atoms with E-state index in [2.05, 4.69) is 10.0 Å². The Balaban J connectivity index is 1.53. The van der Waals surface area contributed by atoms with Gasteiger partial charge in [-0.05, 0) is 22.2 Å². The summed E-state index contributed by atoms with van der Waals surface area (Å²) in [5, 5.41) is 3.69. The van der Waals surface area contributed by atoms with Crippen LogP contribution in [0.25, 0.3) is 10.4 Å². The number of esters is 1. The maximum Gasteiger partial charge on any atom is 0.318 e. The monoisotopic (exact) mass is 473 g/mol. The van der Waals surface area contributed by atoms with Crippen molar-refractivity contribution in [3.8, 4) is 0 Å². The van der Waals surface area contributed by atoms with E-state index >= 15 is 0 Å². The van der Waals surface area contributed by atoms with E-state index in [1.807, 2.05) is 91.0 Å². The predicted octanol–water partition coefficient (Wildman–Crippen LogP) is 4.98. The number of azide groups is 1. The highest BCUT2D eigenvalue weighted by Gasteiger charge is 2.47. The fraction of sp³-hybridized carbons (Fsp3) is 0.296. The summed E-state index contributed by atoms with van der Waals surface area (Å²) in [6.45, 7) is 0.954. The highest BCUT2D eigenvalue weighted by Crippen LogP contribution is 2.27. The summed E-state index contributed by atoms with van der Waals surface area (Å²) in [4.78, 5) is 15.6. The zero-order chi connectivity index (χ0) is 24.3. The minimum absolute atomic E-state index is 0.105. The van der Waals surface area contributed by atoms with Crippen LogP contribution in [-0.2, 0) is 43.6 Å². The van der Waals surface area contributed by atoms with Gasteiger partial charge in [0.15, 0.2) is 12.1 Å². The first-order valence-electron chi connectivity index (χ1n) is 11.4. The quantitative estimate of drug-likeness (QED) is 0.169. The summed E-state index contributed by atoms with van der Waals surface area (Å²) in [6.07, 6.45) is -2.29. The van der Waals surface area contributed by atoms with E-state index in [-0.39, 0.29) is 19.8 Å². The van der Waals surface area contributed by atoms with E-state index in [0.717, 1.165) is 16.7 Å². The van der Waals surface area contributed by atoms with Crippen LogP contribution in [0.3, 0.4) is 0 Å². The lowest BCUT2D eigenvalue weighted by Crippen LogP contribution is -2.58. The van der Waals surface area contributed by atoms with E-state index in [9.17, 15) is 4.79 Å². The summed E-state index contributed by atoms with van der Waals surface area (Å²) < 4.78 is 23.9. The number of nitrogens with zero attached hydrogens (tertiary/aromatic N) is 3. The molecule has 0 N–H and O–H groups in total. The van der Waals surface area contributed by atoms with Gasteiger partial charge in [0.25, 0.3) is 0 Å². The molecule has 0 bridgehead atoms. The third kappa shape index (κ3) is 6.91. The van der Waals surface area contributed by atoms with Crippen molar-refractivity contribution in [3.05, 3.63) is 118 Å². The number of carbonyl (C=O) groups excluding carboxylic acids is 1. The minimum atomic E-state index is -1.17. The molecule has 0 radical (unpaired) electrons. The van der Waals surface area contributed by atoms with Crippen molar-refractivity contribution in [1.82, 2.24) is 0 Å². The lowest BCUT2D eigenvalue weighted by molar-refractivity contribution is -0.209. The van der Waals surface area contributed by atoms with Crippen molar-refractivity contribution in [1.29, 1.82) is 0 Å². The van der Waals surface area contributed by atoms with Gasteiger partial charge >= 0.3 is 5.97 Å². The molecule has 0 aromatic heterocycles. The smallest absolute Gasteiger partial charge is 0.318 e.